The topological polar surface area (TPSA) is 95.2 Å². The Morgan fingerprint density at radius 3 is 2.67 bits per heavy atom. The minimum atomic E-state index is -2.12. The molecule has 2 aromatic rings. The van der Waals surface area contributed by atoms with Crippen molar-refractivity contribution in [1.82, 2.24) is 0 Å². The molecular weight excluding hydrogens is 316 g/mol. The van der Waals surface area contributed by atoms with Crippen molar-refractivity contribution in [3.05, 3.63) is 36.1 Å². The van der Waals surface area contributed by atoms with Crippen molar-refractivity contribution >= 4 is 22.7 Å². The first-order valence-electron chi connectivity index (χ1n) is 7.64. The van der Waals surface area contributed by atoms with Gasteiger partial charge in [0.15, 0.2) is 11.4 Å². The maximum atomic E-state index is 12.5. The Morgan fingerprint density at radius 2 is 1.96 bits per heavy atom. The highest BCUT2D eigenvalue weighted by Gasteiger charge is 2.41. The molecule has 0 radical (unpaired) electrons. The quantitative estimate of drug-likeness (QED) is 0.247. The van der Waals surface area contributed by atoms with Gasteiger partial charge in [0.25, 0.3) is 0 Å². The summed E-state index contributed by atoms with van der Waals surface area (Å²) < 4.78 is 10.1. The molecular formula is C17H20O7. The van der Waals surface area contributed by atoms with E-state index in [0.717, 1.165) is 5.39 Å². The smallest absolute Gasteiger partial charge is 0.341 e. The van der Waals surface area contributed by atoms with Gasteiger partial charge in [0.05, 0.1) is 25.9 Å². The highest BCUT2D eigenvalue weighted by Crippen LogP contribution is 2.22. The standard InChI is InChI=1S/C17H20O7/c1-3-21-16(19)17(20,11-24-23-4-2)10-14(18)12-5-6-15-13(9-12)7-8-22-15/h5-9,20H,3-4,10-11H2,1-2H3. The molecule has 24 heavy (non-hydrogen) atoms. The lowest BCUT2D eigenvalue weighted by Gasteiger charge is -2.24. The second-order valence-electron chi connectivity index (χ2n) is 5.19. The van der Waals surface area contributed by atoms with Crippen LogP contribution in [0.1, 0.15) is 30.6 Å². The van der Waals surface area contributed by atoms with Crippen LogP contribution in [-0.2, 0) is 19.3 Å². The monoisotopic (exact) mass is 336 g/mol. The first kappa shape index (κ1) is 18.1. The van der Waals surface area contributed by atoms with Gasteiger partial charge in [-0.25, -0.2) is 14.6 Å². The van der Waals surface area contributed by atoms with Crippen molar-refractivity contribution in [2.45, 2.75) is 25.9 Å². The first-order chi connectivity index (χ1) is 11.5. The van der Waals surface area contributed by atoms with E-state index < -0.39 is 30.4 Å². The predicted octanol–water partition coefficient (Wildman–Crippen LogP) is 2.27. The molecule has 1 N–H and O–H groups in total. The molecule has 0 spiro atoms. The third kappa shape index (κ3) is 4.19. The van der Waals surface area contributed by atoms with Crippen LogP contribution in [0.25, 0.3) is 11.0 Å². The molecule has 1 heterocycles. The van der Waals surface area contributed by atoms with Gasteiger partial charge in [0.1, 0.15) is 12.2 Å². The molecule has 0 saturated carbocycles. The number of esters is 1. The second-order valence-corrected chi connectivity index (χ2v) is 5.19. The summed E-state index contributed by atoms with van der Waals surface area (Å²) in [5.41, 5.74) is -1.12. The first-order valence-corrected chi connectivity index (χ1v) is 7.64. The Kier molecular flexibility index (Phi) is 6.08. The number of hydrogen-bond acceptors (Lipinski definition) is 7. The summed E-state index contributed by atoms with van der Waals surface area (Å²) in [6.07, 6.45) is 1.03. The summed E-state index contributed by atoms with van der Waals surface area (Å²) in [6, 6.07) is 6.59. The molecule has 7 nitrogen and oxygen atoms in total. The van der Waals surface area contributed by atoms with Crippen molar-refractivity contribution in [3.8, 4) is 0 Å². The summed E-state index contributed by atoms with van der Waals surface area (Å²) in [5, 5.41) is 11.3. The SMILES string of the molecule is CCOOCC(O)(CC(=O)c1ccc2occc2c1)C(=O)OCC. The maximum Gasteiger partial charge on any atom is 0.341 e. The second kappa shape index (κ2) is 8.05. The molecule has 0 amide bonds. The van der Waals surface area contributed by atoms with Gasteiger partial charge in [-0.3, -0.25) is 4.79 Å². The highest BCUT2D eigenvalue weighted by molar-refractivity contribution is 6.02. The fourth-order valence-corrected chi connectivity index (χ4v) is 2.18. The van der Waals surface area contributed by atoms with E-state index in [1.54, 1.807) is 38.1 Å². The van der Waals surface area contributed by atoms with Crippen LogP contribution in [0.15, 0.2) is 34.9 Å². The fraction of sp³-hybridized carbons (Fsp3) is 0.412. The van der Waals surface area contributed by atoms with Gasteiger partial charge in [-0.05, 0) is 38.1 Å². The molecule has 0 aliphatic carbocycles. The van der Waals surface area contributed by atoms with Gasteiger partial charge in [-0.15, -0.1) is 0 Å². The Labute approximate surface area is 139 Å². The Hall–Kier alpha value is -2.22. The van der Waals surface area contributed by atoms with Crippen LogP contribution in [0.2, 0.25) is 0 Å². The maximum absolute atomic E-state index is 12.5. The van der Waals surface area contributed by atoms with Crippen LogP contribution >= 0.6 is 0 Å². The number of fused-ring (bicyclic) bond motifs is 1. The summed E-state index contributed by atoms with van der Waals surface area (Å²) in [5.74, 6) is -1.35. The minimum absolute atomic E-state index is 0.0744. The number of furan rings is 1. The average Bonchev–Trinajstić information content (AvgIpc) is 3.02. The number of hydrogen-bond donors (Lipinski definition) is 1. The molecule has 0 fully saturated rings. The van der Waals surface area contributed by atoms with Crippen molar-refractivity contribution in [2.75, 3.05) is 19.8 Å². The van der Waals surface area contributed by atoms with E-state index in [0.29, 0.717) is 11.1 Å². The summed E-state index contributed by atoms with van der Waals surface area (Å²) >= 11 is 0. The van der Waals surface area contributed by atoms with Gasteiger partial charge >= 0.3 is 5.97 Å². The average molecular weight is 336 g/mol. The summed E-state index contributed by atoms with van der Waals surface area (Å²) in [7, 11) is 0. The lowest BCUT2D eigenvalue weighted by Crippen LogP contribution is -2.46. The number of carbonyl (C=O) groups excluding carboxylic acids is 2. The van der Waals surface area contributed by atoms with E-state index in [1.807, 2.05) is 0 Å². The minimum Gasteiger partial charge on any atom is -0.464 e. The van der Waals surface area contributed by atoms with Crippen LogP contribution < -0.4 is 0 Å². The van der Waals surface area contributed by atoms with E-state index in [9.17, 15) is 14.7 Å². The molecule has 0 bridgehead atoms. The van der Waals surface area contributed by atoms with Gasteiger partial charge in [0, 0.05) is 10.9 Å². The third-order valence-electron chi connectivity index (χ3n) is 3.38. The molecule has 7 heteroatoms. The van der Waals surface area contributed by atoms with E-state index in [-0.39, 0.29) is 13.2 Å². The zero-order chi connectivity index (χ0) is 17.6. The van der Waals surface area contributed by atoms with Crippen LogP contribution in [0.5, 0.6) is 0 Å². The lowest BCUT2D eigenvalue weighted by molar-refractivity contribution is -0.311. The van der Waals surface area contributed by atoms with Crippen LogP contribution in [-0.4, -0.2) is 42.3 Å². The van der Waals surface area contributed by atoms with Gasteiger partial charge in [0.2, 0.25) is 0 Å². The lowest BCUT2D eigenvalue weighted by atomic mass is 9.94. The Balaban J connectivity index is 2.16. The summed E-state index contributed by atoms with van der Waals surface area (Å²) in [6.45, 7) is 3.11. The largest absolute Gasteiger partial charge is 0.464 e. The zero-order valence-electron chi connectivity index (χ0n) is 13.6. The molecule has 1 atom stereocenters. The molecule has 1 unspecified atom stereocenters. The normalized spacial score (nSPS) is 13.6. The zero-order valence-corrected chi connectivity index (χ0v) is 13.6. The number of Topliss-reactive ketones (excluding diaryl/α,β-unsaturated/α-hetero) is 1. The van der Waals surface area contributed by atoms with Gasteiger partial charge in [-0.2, -0.15) is 0 Å². The van der Waals surface area contributed by atoms with Crippen molar-refractivity contribution < 1.29 is 33.6 Å². The number of ether oxygens (including phenoxy) is 1. The van der Waals surface area contributed by atoms with Crippen molar-refractivity contribution in [3.63, 3.8) is 0 Å². The summed E-state index contributed by atoms with van der Waals surface area (Å²) in [4.78, 5) is 34.0. The molecule has 1 aromatic carbocycles. The van der Waals surface area contributed by atoms with Gasteiger partial charge < -0.3 is 14.3 Å². The number of carbonyl (C=O) groups is 2. The molecule has 0 aliphatic heterocycles. The van der Waals surface area contributed by atoms with E-state index in [1.165, 1.54) is 6.26 Å². The fourth-order valence-electron chi connectivity index (χ4n) is 2.18. The third-order valence-corrected chi connectivity index (χ3v) is 3.38. The highest BCUT2D eigenvalue weighted by atomic mass is 17.2. The van der Waals surface area contributed by atoms with Crippen molar-refractivity contribution in [2.24, 2.45) is 0 Å². The van der Waals surface area contributed by atoms with E-state index >= 15 is 0 Å². The Morgan fingerprint density at radius 1 is 1.17 bits per heavy atom. The molecule has 2 rings (SSSR count). The predicted molar refractivity (Wildman–Crippen MR) is 84.3 cm³/mol. The van der Waals surface area contributed by atoms with Crippen LogP contribution in [0.3, 0.4) is 0 Å². The van der Waals surface area contributed by atoms with E-state index in [4.69, 9.17) is 18.9 Å². The number of aliphatic hydroxyl groups is 1. The van der Waals surface area contributed by atoms with Crippen LogP contribution in [0.4, 0.5) is 0 Å². The number of rotatable bonds is 9. The number of benzene rings is 1. The molecule has 1 aromatic heterocycles. The molecule has 0 aliphatic rings. The van der Waals surface area contributed by atoms with Gasteiger partial charge in [-0.1, -0.05) is 0 Å². The Bertz CT molecular complexity index is 706. The molecule has 0 saturated heterocycles. The van der Waals surface area contributed by atoms with Crippen molar-refractivity contribution in [1.29, 1.82) is 0 Å². The van der Waals surface area contributed by atoms with Crippen LogP contribution in [0, 0.1) is 0 Å². The molecule has 130 valence electrons. The number of ketones is 1. The van der Waals surface area contributed by atoms with E-state index in [2.05, 4.69) is 0 Å².